The number of ether oxygens (including phenoxy) is 1. The molecule has 2 rings (SSSR count). The summed E-state index contributed by atoms with van der Waals surface area (Å²) in [5.74, 6) is 0.269. The predicted octanol–water partition coefficient (Wildman–Crippen LogP) is 4.20. The molecule has 0 bridgehead atoms. The number of likely N-dealkylation sites (N-methyl/N-ethyl adjacent to an activating group) is 1. The van der Waals surface area contributed by atoms with Gasteiger partial charge in [-0.15, -0.1) is 12.4 Å². The molecule has 0 heterocycles. The lowest BCUT2D eigenvalue weighted by atomic mass is 10.0. The number of hydrogen-bond acceptors (Lipinski definition) is 3. The van der Waals surface area contributed by atoms with Crippen molar-refractivity contribution in [3.05, 3.63) is 65.5 Å². The molecule has 24 heavy (non-hydrogen) atoms. The average molecular weight is 352 g/mol. The lowest BCUT2D eigenvalue weighted by molar-refractivity contribution is 0.103. The van der Waals surface area contributed by atoms with Gasteiger partial charge in [-0.3, -0.25) is 4.79 Å². The van der Waals surface area contributed by atoms with Crippen LogP contribution in [0.1, 0.15) is 29.8 Å². The van der Waals surface area contributed by atoms with E-state index in [-0.39, 0.29) is 24.0 Å². The van der Waals surface area contributed by atoms with Crippen LogP contribution in [0.5, 0.6) is 5.75 Å². The predicted molar refractivity (Wildman–Crippen MR) is 96.8 cm³/mol. The average Bonchev–Trinajstić information content (AvgIpc) is 2.59. The van der Waals surface area contributed by atoms with Gasteiger partial charge in [0.2, 0.25) is 0 Å². The van der Waals surface area contributed by atoms with Gasteiger partial charge in [0.1, 0.15) is 18.2 Å². The number of halogens is 2. The number of carbonyl (C=O) groups is 1. The highest BCUT2D eigenvalue weighted by molar-refractivity contribution is 6.08. The summed E-state index contributed by atoms with van der Waals surface area (Å²) in [6.45, 7) is 7.75. The second kappa shape index (κ2) is 10.1. The van der Waals surface area contributed by atoms with E-state index in [1.807, 2.05) is 0 Å². The van der Waals surface area contributed by atoms with E-state index >= 15 is 0 Å². The number of carbonyl (C=O) groups excluding carboxylic acids is 1. The van der Waals surface area contributed by atoms with Crippen LogP contribution in [0.3, 0.4) is 0 Å². The van der Waals surface area contributed by atoms with Gasteiger partial charge in [0.25, 0.3) is 0 Å². The maximum atomic E-state index is 12.9. The minimum Gasteiger partial charge on any atom is -0.492 e. The molecule has 3 nitrogen and oxygen atoms in total. The summed E-state index contributed by atoms with van der Waals surface area (Å²) in [7, 11) is 0. The molecule has 0 radical (unpaired) electrons. The monoisotopic (exact) mass is 351 g/mol. The molecule has 0 atom stereocenters. The van der Waals surface area contributed by atoms with Crippen molar-refractivity contribution >= 4 is 18.2 Å². The standard InChI is InChI=1S/C19H22FNO2.ClH/c1-3-21(4-2)13-14-23-18-11-7-16(8-12-18)19(22)15-5-9-17(20)10-6-15;/h5-12H,3-4,13-14H2,1-2H3;1H. The fourth-order valence-corrected chi connectivity index (χ4v) is 2.30. The normalized spacial score (nSPS) is 10.3. The van der Waals surface area contributed by atoms with Crippen LogP contribution in [-0.2, 0) is 0 Å². The fourth-order valence-electron chi connectivity index (χ4n) is 2.30. The van der Waals surface area contributed by atoms with E-state index in [0.717, 1.165) is 25.4 Å². The Balaban J connectivity index is 0.00000288. The minimum absolute atomic E-state index is 0. The molecule has 0 aliphatic rings. The van der Waals surface area contributed by atoms with Crippen molar-refractivity contribution < 1.29 is 13.9 Å². The first-order valence-electron chi connectivity index (χ1n) is 7.89. The molecule has 0 fully saturated rings. The number of nitrogens with zero attached hydrogens (tertiary/aromatic N) is 1. The quantitative estimate of drug-likeness (QED) is 0.667. The fraction of sp³-hybridized carbons (Fsp3) is 0.316. The van der Waals surface area contributed by atoms with Gasteiger partial charge in [0.15, 0.2) is 5.78 Å². The largest absolute Gasteiger partial charge is 0.492 e. The first-order chi connectivity index (χ1) is 11.1. The van der Waals surface area contributed by atoms with Gasteiger partial charge in [-0.2, -0.15) is 0 Å². The molecule has 5 heteroatoms. The van der Waals surface area contributed by atoms with Gasteiger partial charge in [-0.25, -0.2) is 4.39 Å². The van der Waals surface area contributed by atoms with E-state index < -0.39 is 0 Å². The van der Waals surface area contributed by atoms with Crippen LogP contribution in [0.15, 0.2) is 48.5 Å². The molecule has 0 aliphatic heterocycles. The van der Waals surface area contributed by atoms with Gasteiger partial charge >= 0.3 is 0 Å². The number of rotatable bonds is 8. The van der Waals surface area contributed by atoms with Crippen LogP contribution in [0, 0.1) is 5.82 Å². The van der Waals surface area contributed by atoms with Crippen molar-refractivity contribution in [2.45, 2.75) is 13.8 Å². The Morgan fingerprint density at radius 2 is 1.46 bits per heavy atom. The van der Waals surface area contributed by atoms with Crippen LogP contribution in [0.4, 0.5) is 4.39 Å². The van der Waals surface area contributed by atoms with Crippen molar-refractivity contribution in [1.82, 2.24) is 4.90 Å². The van der Waals surface area contributed by atoms with Gasteiger partial charge in [0.05, 0.1) is 0 Å². The third kappa shape index (κ3) is 5.62. The van der Waals surface area contributed by atoms with E-state index in [4.69, 9.17) is 4.74 Å². The third-order valence-corrected chi connectivity index (χ3v) is 3.79. The number of hydrogen-bond donors (Lipinski definition) is 0. The minimum atomic E-state index is -0.349. The summed E-state index contributed by atoms with van der Waals surface area (Å²) in [6.07, 6.45) is 0. The Morgan fingerprint density at radius 1 is 0.958 bits per heavy atom. The molecule has 0 saturated carbocycles. The number of benzene rings is 2. The summed E-state index contributed by atoms with van der Waals surface area (Å²) in [6, 6.07) is 12.6. The maximum absolute atomic E-state index is 12.9. The first-order valence-corrected chi connectivity index (χ1v) is 7.89. The zero-order valence-corrected chi connectivity index (χ0v) is 14.8. The maximum Gasteiger partial charge on any atom is 0.193 e. The Labute approximate surface area is 148 Å². The van der Waals surface area contributed by atoms with Gasteiger partial charge < -0.3 is 9.64 Å². The molecule has 0 N–H and O–H groups in total. The Bertz CT molecular complexity index is 625. The van der Waals surface area contributed by atoms with E-state index in [2.05, 4.69) is 18.7 Å². The van der Waals surface area contributed by atoms with E-state index in [0.29, 0.717) is 17.7 Å². The van der Waals surface area contributed by atoms with Gasteiger partial charge in [-0.05, 0) is 61.6 Å². The lowest BCUT2D eigenvalue weighted by Gasteiger charge is -2.18. The van der Waals surface area contributed by atoms with Crippen molar-refractivity contribution in [1.29, 1.82) is 0 Å². The first kappa shape index (κ1) is 20.1. The van der Waals surface area contributed by atoms with E-state index in [1.54, 1.807) is 24.3 Å². The van der Waals surface area contributed by atoms with E-state index in [1.165, 1.54) is 24.3 Å². The Kier molecular flexibility index (Phi) is 8.44. The molecule has 0 unspecified atom stereocenters. The SMILES string of the molecule is CCN(CC)CCOc1ccc(C(=O)c2ccc(F)cc2)cc1.Cl. The molecular formula is C19H23ClFNO2. The molecule has 0 saturated heterocycles. The van der Waals surface area contributed by atoms with Crippen LogP contribution >= 0.6 is 12.4 Å². The summed E-state index contributed by atoms with van der Waals surface area (Å²) in [4.78, 5) is 14.6. The molecule has 0 aliphatic carbocycles. The van der Waals surface area contributed by atoms with Gasteiger partial charge in [0, 0.05) is 17.7 Å². The molecular weight excluding hydrogens is 329 g/mol. The molecule has 2 aromatic carbocycles. The van der Waals surface area contributed by atoms with Crippen molar-refractivity contribution in [2.24, 2.45) is 0 Å². The third-order valence-electron chi connectivity index (χ3n) is 3.79. The van der Waals surface area contributed by atoms with Crippen LogP contribution in [-0.4, -0.2) is 36.9 Å². The van der Waals surface area contributed by atoms with Gasteiger partial charge in [-0.1, -0.05) is 13.8 Å². The van der Waals surface area contributed by atoms with Crippen LogP contribution in [0.25, 0.3) is 0 Å². The second-order valence-electron chi connectivity index (χ2n) is 5.24. The highest BCUT2D eigenvalue weighted by Gasteiger charge is 2.09. The zero-order chi connectivity index (χ0) is 16.7. The summed E-state index contributed by atoms with van der Waals surface area (Å²) in [5.41, 5.74) is 1.04. The molecule has 0 spiro atoms. The van der Waals surface area contributed by atoms with Crippen molar-refractivity contribution in [2.75, 3.05) is 26.2 Å². The highest BCUT2D eigenvalue weighted by Crippen LogP contribution is 2.16. The van der Waals surface area contributed by atoms with Crippen molar-refractivity contribution in [3.63, 3.8) is 0 Å². The van der Waals surface area contributed by atoms with Crippen LogP contribution < -0.4 is 4.74 Å². The van der Waals surface area contributed by atoms with Crippen LogP contribution in [0.2, 0.25) is 0 Å². The Hall–Kier alpha value is -1.91. The van der Waals surface area contributed by atoms with Crippen molar-refractivity contribution in [3.8, 4) is 5.75 Å². The molecule has 2 aromatic rings. The second-order valence-corrected chi connectivity index (χ2v) is 5.24. The summed E-state index contributed by atoms with van der Waals surface area (Å²) in [5, 5.41) is 0. The Morgan fingerprint density at radius 3 is 1.96 bits per heavy atom. The molecule has 0 amide bonds. The molecule has 0 aromatic heterocycles. The lowest BCUT2D eigenvalue weighted by Crippen LogP contribution is -2.27. The number of ketones is 1. The summed E-state index contributed by atoms with van der Waals surface area (Å²) >= 11 is 0. The highest BCUT2D eigenvalue weighted by atomic mass is 35.5. The van der Waals surface area contributed by atoms with E-state index in [9.17, 15) is 9.18 Å². The topological polar surface area (TPSA) is 29.5 Å². The summed E-state index contributed by atoms with van der Waals surface area (Å²) < 4.78 is 18.6. The smallest absolute Gasteiger partial charge is 0.193 e. The molecule has 130 valence electrons. The zero-order valence-electron chi connectivity index (χ0n) is 14.0.